The fourth-order valence-corrected chi connectivity index (χ4v) is 10.2. The van der Waals surface area contributed by atoms with Crippen molar-refractivity contribution in [2.45, 2.75) is 77.9 Å². The Morgan fingerprint density at radius 1 is 0.506 bits per heavy atom. The van der Waals surface area contributed by atoms with Crippen molar-refractivity contribution in [3.63, 3.8) is 0 Å². The van der Waals surface area contributed by atoms with Gasteiger partial charge in [-0.2, -0.15) is 19.9 Å². The van der Waals surface area contributed by atoms with Crippen molar-refractivity contribution in [2.75, 3.05) is 133 Å². The van der Waals surface area contributed by atoms with Crippen LogP contribution in [0.1, 0.15) is 51.7 Å². The van der Waals surface area contributed by atoms with E-state index in [4.69, 9.17) is 77.3 Å². The lowest BCUT2D eigenvalue weighted by Crippen LogP contribution is -2.46. The molecule has 79 heavy (non-hydrogen) atoms. The molecule has 4 aromatic heterocycles. The van der Waals surface area contributed by atoms with Gasteiger partial charge in [0.25, 0.3) is 0 Å². The number of carbonyl (C=O) groups is 2. The van der Waals surface area contributed by atoms with Crippen molar-refractivity contribution in [2.24, 2.45) is 0 Å². The van der Waals surface area contributed by atoms with Crippen LogP contribution in [0.4, 0.5) is 23.5 Å². The molecule has 0 radical (unpaired) electrons. The quantitative estimate of drug-likeness (QED) is 0.0474. The van der Waals surface area contributed by atoms with Gasteiger partial charge < -0.3 is 67.0 Å². The highest BCUT2D eigenvalue weighted by atomic mass is 16.7. The first kappa shape index (κ1) is 55.2. The van der Waals surface area contributed by atoms with E-state index in [9.17, 15) is 9.59 Å². The van der Waals surface area contributed by atoms with Gasteiger partial charge in [0, 0.05) is 48.4 Å². The number of benzene rings is 2. The van der Waals surface area contributed by atoms with Crippen molar-refractivity contribution in [3.8, 4) is 34.0 Å². The maximum absolute atomic E-state index is 12.9. The Bertz CT molecular complexity index is 2900. The molecule has 4 aliphatic heterocycles. The average Bonchev–Trinajstić information content (AvgIpc) is 3.53. The van der Waals surface area contributed by atoms with Crippen LogP contribution in [0, 0.1) is 0 Å². The first-order valence-corrected chi connectivity index (χ1v) is 27.1. The number of fused-ring (bicyclic) bond motifs is 2. The molecule has 4 aliphatic rings. The predicted octanol–water partition coefficient (Wildman–Crippen LogP) is 6.17. The summed E-state index contributed by atoms with van der Waals surface area (Å²) in [6, 6.07) is 19.8. The number of anilines is 4. The standard InChI is InChI=1S/C57H70N10O12/c1-36-29-72-23-17-64(36)54-44-9-11-46(58-52(44)60-56(62-54)66-19-25-74-31-38(66)3)40-7-13-48(70-5)42(27-40)33-78-50(68)15-21-76-35-77-22-16-51(69)79-34-43-28-41(8-14-49(43)71-6)47-12-10-45-53(59-47)61-57(67-20-26-75-32-39(67)4)63-55(45)65-18-24-73-30-37(65)2/h7-14,27-28,36-39H,15-26,29-35H2,1-6H3/t36-,37+,38-,39+. The Labute approximate surface area is 459 Å². The fourth-order valence-electron chi connectivity index (χ4n) is 10.2. The fraction of sp³-hybridized carbons (Fsp3) is 0.509. The van der Waals surface area contributed by atoms with Crippen LogP contribution < -0.4 is 29.1 Å². The van der Waals surface area contributed by atoms with Crippen LogP contribution in [0.3, 0.4) is 0 Å². The highest BCUT2D eigenvalue weighted by molar-refractivity contribution is 5.91. The van der Waals surface area contributed by atoms with Crippen LogP contribution in [-0.2, 0) is 60.7 Å². The van der Waals surface area contributed by atoms with Gasteiger partial charge >= 0.3 is 11.9 Å². The molecule has 2 aromatic carbocycles. The van der Waals surface area contributed by atoms with Gasteiger partial charge in [-0.05, 0) is 88.4 Å². The molecule has 0 spiro atoms. The molecular formula is C57H70N10O12. The first-order chi connectivity index (χ1) is 38.5. The summed E-state index contributed by atoms with van der Waals surface area (Å²) in [5, 5.41) is 1.70. The van der Waals surface area contributed by atoms with E-state index in [1.807, 2.05) is 60.7 Å². The van der Waals surface area contributed by atoms with Crippen LogP contribution in [0.5, 0.6) is 11.5 Å². The minimum atomic E-state index is -0.462. The Kier molecular flexibility index (Phi) is 18.0. The van der Waals surface area contributed by atoms with Crippen molar-refractivity contribution in [3.05, 3.63) is 71.8 Å². The van der Waals surface area contributed by atoms with Gasteiger partial charge in [-0.15, -0.1) is 0 Å². The molecule has 0 unspecified atom stereocenters. The number of hydrogen-bond donors (Lipinski definition) is 0. The maximum atomic E-state index is 12.9. The lowest BCUT2D eigenvalue weighted by atomic mass is 10.1. The zero-order valence-corrected chi connectivity index (χ0v) is 45.9. The predicted molar refractivity (Wildman–Crippen MR) is 295 cm³/mol. The van der Waals surface area contributed by atoms with Crippen LogP contribution in [0.25, 0.3) is 44.6 Å². The number of morpholine rings is 4. The second kappa shape index (κ2) is 25.8. The van der Waals surface area contributed by atoms with E-state index in [1.165, 1.54) is 0 Å². The molecule has 0 amide bonds. The Morgan fingerprint density at radius 2 is 0.899 bits per heavy atom. The van der Waals surface area contributed by atoms with E-state index < -0.39 is 11.9 Å². The third kappa shape index (κ3) is 13.0. The number of ether oxygens (including phenoxy) is 10. The van der Waals surface area contributed by atoms with E-state index >= 15 is 0 Å². The second-order valence-corrected chi connectivity index (χ2v) is 20.1. The molecule has 0 saturated carbocycles. The molecule has 4 fully saturated rings. The molecular weight excluding hydrogens is 1020 g/mol. The van der Waals surface area contributed by atoms with Crippen LogP contribution in [0.15, 0.2) is 60.7 Å². The molecule has 420 valence electrons. The Balaban J connectivity index is 0.699. The average molecular weight is 1090 g/mol. The summed E-state index contributed by atoms with van der Waals surface area (Å²) < 4.78 is 56.6. The minimum Gasteiger partial charge on any atom is -0.496 e. The molecule has 10 rings (SSSR count). The second-order valence-electron chi connectivity index (χ2n) is 20.1. The summed E-state index contributed by atoms with van der Waals surface area (Å²) in [6.45, 7) is 16.0. The van der Waals surface area contributed by atoms with Crippen LogP contribution in [-0.4, -0.2) is 179 Å². The summed E-state index contributed by atoms with van der Waals surface area (Å²) in [6.07, 6.45) is -0.0270. The Morgan fingerprint density at radius 3 is 1.28 bits per heavy atom. The lowest BCUT2D eigenvalue weighted by molar-refractivity contribution is -0.148. The molecule has 22 heteroatoms. The summed E-state index contributed by atoms with van der Waals surface area (Å²) in [4.78, 5) is 65.0. The number of aromatic nitrogens is 6. The van der Waals surface area contributed by atoms with Gasteiger partial charge in [0.2, 0.25) is 11.9 Å². The van der Waals surface area contributed by atoms with Gasteiger partial charge in [0.15, 0.2) is 11.3 Å². The normalized spacial score (nSPS) is 19.9. The summed E-state index contributed by atoms with van der Waals surface area (Å²) >= 11 is 0. The van der Waals surface area contributed by atoms with E-state index in [2.05, 4.69) is 47.3 Å². The molecule has 4 atom stereocenters. The third-order valence-corrected chi connectivity index (χ3v) is 14.6. The number of nitrogens with zero attached hydrogens (tertiary/aromatic N) is 10. The van der Waals surface area contributed by atoms with E-state index in [-0.39, 0.29) is 70.2 Å². The molecule has 0 bridgehead atoms. The SMILES string of the molecule is COc1ccc(-c2ccc3c(N4CCOC[C@H]4C)nc(N4CCOC[C@H]4C)nc3n2)cc1COC(=O)CCOCOCCC(=O)OCc1cc(-c2ccc3c(N4CCOC[C@@H]4C)nc(N4CCOC[C@@H]4C)nc3n2)ccc1OC. The lowest BCUT2D eigenvalue weighted by Gasteiger charge is -2.37. The number of carbonyl (C=O) groups excluding carboxylic acids is 2. The van der Waals surface area contributed by atoms with Crippen LogP contribution in [0.2, 0.25) is 0 Å². The van der Waals surface area contributed by atoms with Gasteiger partial charge in [0.1, 0.15) is 43.1 Å². The number of methoxy groups -OCH3 is 2. The van der Waals surface area contributed by atoms with E-state index in [0.29, 0.717) is 136 Å². The number of hydrogen-bond acceptors (Lipinski definition) is 22. The van der Waals surface area contributed by atoms with Crippen molar-refractivity contribution in [1.29, 1.82) is 0 Å². The topological polar surface area (TPSA) is 217 Å². The highest BCUT2D eigenvalue weighted by Gasteiger charge is 2.30. The van der Waals surface area contributed by atoms with Gasteiger partial charge in [-0.25, -0.2) is 9.97 Å². The van der Waals surface area contributed by atoms with Crippen molar-refractivity contribution < 1.29 is 57.0 Å². The molecule has 8 heterocycles. The molecule has 4 saturated heterocycles. The number of pyridine rings is 2. The van der Waals surface area contributed by atoms with Crippen molar-refractivity contribution in [1.82, 2.24) is 29.9 Å². The molecule has 6 aromatic rings. The highest BCUT2D eigenvalue weighted by Crippen LogP contribution is 2.35. The molecule has 0 N–H and O–H groups in total. The minimum absolute atomic E-state index is 0.0135. The van der Waals surface area contributed by atoms with E-state index in [0.717, 1.165) is 33.5 Å². The smallest absolute Gasteiger partial charge is 0.308 e. The van der Waals surface area contributed by atoms with E-state index in [1.54, 1.807) is 14.2 Å². The van der Waals surface area contributed by atoms with Gasteiger partial charge in [0.05, 0.1) is 139 Å². The third-order valence-electron chi connectivity index (χ3n) is 14.6. The van der Waals surface area contributed by atoms with Gasteiger partial charge in [-0.1, -0.05) is 0 Å². The van der Waals surface area contributed by atoms with Gasteiger partial charge in [-0.3, -0.25) is 9.59 Å². The zero-order valence-electron chi connectivity index (χ0n) is 45.9. The number of rotatable bonds is 20. The summed E-state index contributed by atoms with van der Waals surface area (Å²) in [5.41, 5.74) is 5.51. The van der Waals surface area contributed by atoms with Crippen molar-refractivity contribution >= 4 is 57.5 Å². The summed E-state index contributed by atoms with van der Waals surface area (Å²) in [5.74, 6) is 3.11. The number of esters is 2. The Hall–Kier alpha value is -7.08. The maximum Gasteiger partial charge on any atom is 0.308 e. The molecule has 0 aliphatic carbocycles. The zero-order chi connectivity index (χ0) is 54.8. The van der Waals surface area contributed by atoms with Crippen LogP contribution >= 0.6 is 0 Å². The summed E-state index contributed by atoms with van der Waals surface area (Å²) in [7, 11) is 3.14. The first-order valence-electron chi connectivity index (χ1n) is 27.1. The largest absolute Gasteiger partial charge is 0.496 e. The monoisotopic (exact) mass is 1090 g/mol. The molecule has 22 nitrogen and oxygen atoms in total.